The summed E-state index contributed by atoms with van der Waals surface area (Å²) in [5.74, 6) is 0. The average Bonchev–Trinajstić information content (AvgIpc) is 2.77. The van der Waals surface area contributed by atoms with E-state index in [4.69, 9.17) is 0 Å². The van der Waals surface area contributed by atoms with Crippen molar-refractivity contribution >= 4 is 21.6 Å². The number of benzene rings is 1. The topological polar surface area (TPSA) is 29.9 Å². The van der Waals surface area contributed by atoms with Gasteiger partial charge in [0.05, 0.1) is 5.69 Å². The maximum absolute atomic E-state index is 4.47. The molecular formula is C15H20BrN3. The summed E-state index contributed by atoms with van der Waals surface area (Å²) >= 11 is 3.52. The third-order valence-corrected chi connectivity index (χ3v) is 3.74. The van der Waals surface area contributed by atoms with Crippen molar-refractivity contribution in [3.8, 4) is 0 Å². The lowest BCUT2D eigenvalue weighted by Gasteiger charge is -2.11. The average molecular weight is 322 g/mol. The molecule has 19 heavy (non-hydrogen) atoms. The van der Waals surface area contributed by atoms with Crippen molar-refractivity contribution in [1.29, 1.82) is 0 Å². The maximum atomic E-state index is 4.47. The number of halogens is 1. The Morgan fingerprint density at radius 2 is 2.00 bits per heavy atom. The first-order valence-electron chi connectivity index (χ1n) is 6.67. The van der Waals surface area contributed by atoms with Gasteiger partial charge in [-0.1, -0.05) is 29.8 Å². The van der Waals surface area contributed by atoms with Crippen LogP contribution in [0, 0.1) is 0 Å². The number of nitrogens with zero attached hydrogens (tertiary/aromatic N) is 2. The van der Waals surface area contributed by atoms with Gasteiger partial charge >= 0.3 is 0 Å². The zero-order chi connectivity index (χ0) is 13.8. The minimum absolute atomic E-state index is 0.825. The van der Waals surface area contributed by atoms with Gasteiger partial charge in [0.25, 0.3) is 0 Å². The minimum atomic E-state index is 0.825. The molecule has 0 aliphatic rings. The molecule has 0 saturated carbocycles. The van der Waals surface area contributed by atoms with Crippen molar-refractivity contribution in [2.45, 2.75) is 33.2 Å². The van der Waals surface area contributed by atoms with Crippen LogP contribution in [0.3, 0.4) is 0 Å². The molecule has 2 aromatic rings. The molecule has 0 bridgehead atoms. The normalized spacial score (nSPS) is 10.7. The third kappa shape index (κ3) is 3.38. The Bertz CT molecular complexity index is 561. The molecule has 3 nitrogen and oxygen atoms in total. The molecule has 0 aliphatic carbocycles. The number of hydrogen-bond donors (Lipinski definition) is 1. The second-order valence-electron chi connectivity index (χ2n) is 4.64. The van der Waals surface area contributed by atoms with E-state index in [0.717, 1.165) is 23.9 Å². The molecule has 102 valence electrons. The highest BCUT2D eigenvalue weighted by molar-refractivity contribution is 9.10. The summed E-state index contributed by atoms with van der Waals surface area (Å²) in [6, 6.07) is 6.38. The quantitative estimate of drug-likeness (QED) is 0.904. The van der Waals surface area contributed by atoms with Gasteiger partial charge in [-0.3, -0.25) is 4.68 Å². The molecule has 0 atom stereocenters. The van der Waals surface area contributed by atoms with Gasteiger partial charge in [-0.2, -0.15) is 5.10 Å². The molecule has 0 fully saturated rings. The van der Waals surface area contributed by atoms with Gasteiger partial charge in [-0.25, -0.2) is 0 Å². The van der Waals surface area contributed by atoms with Crippen molar-refractivity contribution in [2.24, 2.45) is 7.05 Å². The Morgan fingerprint density at radius 3 is 2.68 bits per heavy atom. The minimum Gasteiger partial charge on any atom is -0.381 e. The summed E-state index contributed by atoms with van der Waals surface area (Å²) in [4.78, 5) is 0. The van der Waals surface area contributed by atoms with Gasteiger partial charge in [0, 0.05) is 35.5 Å². The Kier molecular flexibility index (Phi) is 4.64. The summed E-state index contributed by atoms with van der Waals surface area (Å²) in [5, 5.41) is 7.99. The molecule has 1 aromatic carbocycles. The van der Waals surface area contributed by atoms with Crippen molar-refractivity contribution in [3.05, 3.63) is 45.7 Å². The smallest absolute Gasteiger partial charge is 0.0671 e. The molecule has 0 unspecified atom stereocenters. The van der Waals surface area contributed by atoms with Crippen molar-refractivity contribution in [2.75, 3.05) is 5.32 Å². The highest BCUT2D eigenvalue weighted by atomic mass is 79.9. The fourth-order valence-corrected chi connectivity index (χ4v) is 2.66. The van der Waals surface area contributed by atoms with Crippen LogP contribution < -0.4 is 5.32 Å². The SMILES string of the molecule is CCc1cc(Br)ccc1NCc1cn(C)nc1CC. The van der Waals surface area contributed by atoms with Gasteiger partial charge in [0.1, 0.15) is 0 Å². The number of hydrogen-bond acceptors (Lipinski definition) is 2. The van der Waals surface area contributed by atoms with E-state index < -0.39 is 0 Å². The van der Waals surface area contributed by atoms with Crippen LogP contribution in [0.4, 0.5) is 5.69 Å². The lowest BCUT2D eigenvalue weighted by molar-refractivity contribution is 0.746. The summed E-state index contributed by atoms with van der Waals surface area (Å²) in [6.45, 7) is 5.14. The summed E-state index contributed by atoms with van der Waals surface area (Å²) in [6.07, 6.45) is 4.09. The lowest BCUT2D eigenvalue weighted by Crippen LogP contribution is -2.03. The fraction of sp³-hybridized carbons (Fsp3) is 0.400. The van der Waals surface area contributed by atoms with E-state index in [1.807, 2.05) is 11.7 Å². The van der Waals surface area contributed by atoms with Crippen LogP contribution in [0.1, 0.15) is 30.7 Å². The van der Waals surface area contributed by atoms with E-state index in [0.29, 0.717) is 0 Å². The van der Waals surface area contributed by atoms with Crippen molar-refractivity contribution in [3.63, 3.8) is 0 Å². The molecule has 1 heterocycles. The number of aromatic nitrogens is 2. The number of anilines is 1. The first-order valence-corrected chi connectivity index (χ1v) is 7.47. The van der Waals surface area contributed by atoms with Gasteiger partial charge in [0.2, 0.25) is 0 Å². The Hall–Kier alpha value is -1.29. The highest BCUT2D eigenvalue weighted by Gasteiger charge is 2.07. The largest absolute Gasteiger partial charge is 0.381 e. The molecule has 0 spiro atoms. The zero-order valence-electron chi connectivity index (χ0n) is 11.7. The van der Waals surface area contributed by atoms with Crippen LogP contribution in [-0.2, 0) is 26.4 Å². The molecule has 1 aromatic heterocycles. The van der Waals surface area contributed by atoms with E-state index in [1.54, 1.807) is 0 Å². The lowest BCUT2D eigenvalue weighted by atomic mass is 10.1. The van der Waals surface area contributed by atoms with Gasteiger partial charge in [0.15, 0.2) is 0 Å². The van der Waals surface area contributed by atoms with Crippen LogP contribution in [0.5, 0.6) is 0 Å². The molecule has 0 saturated heterocycles. The van der Waals surface area contributed by atoms with E-state index in [9.17, 15) is 0 Å². The zero-order valence-corrected chi connectivity index (χ0v) is 13.3. The van der Waals surface area contributed by atoms with Gasteiger partial charge in [-0.15, -0.1) is 0 Å². The molecule has 1 N–H and O–H groups in total. The second kappa shape index (κ2) is 6.24. The molecule has 0 radical (unpaired) electrons. The Balaban J connectivity index is 2.14. The summed E-state index contributed by atoms with van der Waals surface area (Å²) in [7, 11) is 1.97. The summed E-state index contributed by atoms with van der Waals surface area (Å²) < 4.78 is 3.02. The Morgan fingerprint density at radius 1 is 1.21 bits per heavy atom. The molecule has 0 aliphatic heterocycles. The van der Waals surface area contributed by atoms with Crippen LogP contribution >= 0.6 is 15.9 Å². The van der Waals surface area contributed by atoms with Crippen molar-refractivity contribution < 1.29 is 0 Å². The first kappa shape index (κ1) is 14.1. The number of aryl methyl sites for hydroxylation is 3. The van der Waals surface area contributed by atoms with Crippen molar-refractivity contribution in [1.82, 2.24) is 9.78 Å². The first-order chi connectivity index (χ1) is 9.13. The van der Waals surface area contributed by atoms with E-state index in [-0.39, 0.29) is 0 Å². The standard InChI is InChI=1S/C15H20BrN3/c1-4-11-8-13(16)6-7-15(11)17-9-12-10-19(3)18-14(12)5-2/h6-8,10,17H,4-5,9H2,1-3H3. The van der Waals surface area contributed by atoms with E-state index >= 15 is 0 Å². The summed E-state index contributed by atoms with van der Waals surface area (Å²) in [5.41, 5.74) is 4.98. The molecule has 4 heteroatoms. The second-order valence-corrected chi connectivity index (χ2v) is 5.55. The third-order valence-electron chi connectivity index (χ3n) is 3.24. The highest BCUT2D eigenvalue weighted by Crippen LogP contribution is 2.22. The van der Waals surface area contributed by atoms with Crippen LogP contribution in [0.2, 0.25) is 0 Å². The molecule has 0 amide bonds. The van der Waals surface area contributed by atoms with Crippen LogP contribution in [-0.4, -0.2) is 9.78 Å². The van der Waals surface area contributed by atoms with Crippen LogP contribution in [0.15, 0.2) is 28.9 Å². The fourth-order valence-electron chi connectivity index (χ4n) is 2.25. The van der Waals surface area contributed by atoms with E-state index in [2.05, 4.69) is 64.6 Å². The molecule has 2 rings (SSSR count). The van der Waals surface area contributed by atoms with Gasteiger partial charge < -0.3 is 5.32 Å². The van der Waals surface area contributed by atoms with E-state index in [1.165, 1.54) is 22.5 Å². The number of rotatable bonds is 5. The predicted octanol–water partition coefficient (Wildman–Crippen LogP) is 3.92. The maximum Gasteiger partial charge on any atom is 0.0671 e. The molecular weight excluding hydrogens is 302 g/mol. The number of nitrogens with one attached hydrogen (secondary N) is 1. The Labute approximate surface area is 123 Å². The van der Waals surface area contributed by atoms with Gasteiger partial charge in [-0.05, 0) is 36.6 Å². The predicted molar refractivity (Wildman–Crippen MR) is 83.4 cm³/mol. The van der Waals surface area contributed by atoms with Crippen LogP contribution in [0.25, 0.3) is 0 Å². The monoisotopic (exact) mass is 321 g/mol.